The Morgan fingerprint density at radius 3 is 2.27 bits per heavy atom. The summed E-state index contributed by atoms with van der Waals surface area (Å²) in [5.41, 5.74) is 8.76. The van der Waals surface area contributed by atoms with Crippen LogP contribution in [0.25, 0.3) is 17.1 Å². The number of nitrogens with one attached hydrogen (secondary N) is 2. The molecule has 4 aliphatic rings. The van der Waals surface area contributed by atoms with Crippen molar-refractivity contribution in [3.63, 3.8) is 0 Å². The van der Waals surface area contributed by atoms with Crippen molar-refractivity contribution in [1.29, 1.82) is 0 Å². The summed E-state index contributed by atoms with van der Waals surface area (Å²) >= 11 is 1.70. The summed E-state index contributed by atoms with van der Waals surface area (Å²) in [5, 5.41) is 58.2. The van der Waals surface area contributed by atoms with Crippen molar-refractivity contribution in [2.75, 3.05) is 26.2 Å². The van der Waals surface area contributed by atoms with E-state index >= 15 is 0 Å². The van der Waals surface area contributed by atoms with Crippen LogP contribution in [0.4, 0.5) is 0 Å². The van der Waals surface area contributed by atoms with Crippen LogP contribution in [0.1, 0.15) is 111 Å². The Kier molecular flexibility index (Phi) is 14.6. The molecule has 0 spiro atoms. The number of primary amides is 1. The van der Waals surface area contributed by atoms with E-state index in [-0.39, 0.29) is 75.5 Å². The Bertz CT molecular complexity index is 2920. The van der Waals surface area contributed by atoms with Gasteiger partial charge in [-0.2, -0.15) is 0 Å². The molecule has 2 unspecified atom stereocenters. The number of carbonyl (C=O) groups excluding carboxylic acids is 1. The minimum atomic E-state index is -4.28. The predicted molar refractivity (Wildman–Crippen MR) is 273 cm³/mol. The second-order valence-corrected chi connectivity index (χ2v) is 22.6. The van der Waals surface area contributed by atoms with Gasteiger partial charge < -0.3 is 30.9 Å². The van der Waals surface area contributed by atoms with Crippen molar-refractivity contribution >= 4 is 38.9 Å². The predicted octanol–water partition coefficient (Wildman–Crippen LogP) is 4.90. The molecule has 5 aromatic rings. The topological polar surface area (TPSA) is 246 Å². The van der Waals surface area contributed by atoms with Gasteiger partial charge in [0.2, 0.25) is 22.1 Å². The van der Waals surface area contributed by atoms with Crippen molar-refractivity contribution in [2.24, 2.45) is 5.73 Å². The Morgan fingerprint density at radius 1 is 0.887 bits per heavy atom. The van der Waals surface area contributed by atoms with Gasteiger partial charge >= 0.3 is 11.7 Å². The van der Waals surface area contributed by atoms with Crippen LogP contribution in [0.3, 0.4) is 0 Å². The van der Waals surface area contributed by atoms with Crippen molar-refractivity contribution in [3.8, 4) is 40.1 Å². The number of sulfonamides is 1. The van der Waals surface area contributed by atoms with Gasteiger partial charge in [-0.15, -0.1) is 21.5 Å². The molecule has 0 radical (unpaired) electrons. The van der Waals surface area contributed by atoms with Crippen LogP contribution in [-0.4, -0.2) is 139 Å². The number of aliphatic hydroxyl groups is 1. The van der Waals surface area contributed by atoms with Crippen molar-refractivity contribution in [3.05, 3.63) is 93.4 Å². The van der Waals surface area contributed by atoms with E-state index < -0.39 is 27.9 Å². The molecular formula is C51H65N10O8S2+. The van der Waals surface area contributed by atoms with Crippen LogP contribution >= 0.6 is 11.3 Å². The largest absolute Gasteiger partial charge is 0.508 e. The lowest BCUT2D eigenvalue weighted by Crippen LogP contribution is -2.62. The lowest BCUT2D eigenvalue weighted by atomic mass is 9.88. The SMILES string of the molecule is Cc1ccc(-n2c(C(N)=O)nnc2-c2cc(S(=O)(=O)NC3CCN(Cc4cccs4)CC3)c(O)cc2OC2CCN(C3CCC(N4C(c5cc(C(C)C)c(O)cc5O)=[N+]=C4C(O)NC(C)C)CC3)C2)cc1. The summed E-state index contributed by atoms with van der Waals surface area (Å²) in [6, 6.07) is 17.1. The molecule has 9 rings (SSSR count). The number of nitrogens with zero attached hydrogens (tertiary/aromatic N) is 7. The number of hydrogen-bond acceptors (Lipinski definition) is 15. The number of aliphatic hydroxyl groups excluding tert-OH is 1. The highest BCUT2D eigenvalue weighted by atomic mass is 32.2. The number of aromatic nitrogens is 3. The summed E-state index contributed by atoms with van der Waals surface area (Å²) in [7, 11) is -4.28. The maximum atomic E-state index is 14.3. The zero-order valence-electron chi connectivity index (χ0n) is 40.8. The molecule has 5 heterocycles. The first-order valence-electron chi connectivity index (χ1n) is 24.6. The number of aryl methyl sites for hydroxylation is 1. The quantitative estimate of drug-likeness (QED) is 0.0485. The number of piperidine rings is 1. The molecule has 3 aliphatic heterocycles. The van der Waals surface area contributed by atoms with Gasteiger partial charge in [-0.1, -0.05) is 37.6 Å². The van der Waals surface area contributed by atoms with Gasteiger partial charge in [0.05, 0.1) is 11.6 Å². The van der Waals surface area contributed by atoms with E-state index in [0.29, 0.717) is 67.4 Å². The maximum Gasteiger partial charge on any atom is 0.339 e. The average molecular weight is 1010 g/mol. The number of hydrogen-bond donors (Lipinski definition) is 7. The van der Waals surface area contributed by atoms with Crippen LogP contribution in [0.15, 0.2) is 70.9 Å². The lowest BCUT2D eigenvalue weighted by Gasteiger charge is -2.39. The molecule has 3 aromatic carbocycles. The van der Waals surface area contributed by atoms with Crippen LogP contribution in [0.5, 0.6) is 23.0 Å². The molecule has 0 bridgehead atoms. The van der Waals surface area contributed by atoms with Gasteiger partial charge in [0.15, 0.2) is 5.82 Å². The van der Waals surface area contributed by atoms with E-state index in [0.717, 1.165) is 44.3 Å². The first-order valence-corrected chi connectivity index (χ1v) is 26.9. The van der Waals surface area contributed by atoms with Crippen LogP contribution in [0.2, 0.25) is 0 Å². The normalized spacial score (nSPS) is 20.8. The first kappa shape index (κ1) is 50.1. The number of ether oxygens (including phenoxy) is 1. The van der Waals surface area contributed by atoms with Crippen LogP contribution in [-0.2, 0) is 16.6 Å². The van der Waals surface area contributed by atoms with E-state index in [9.17, 15) is 33.6 Å². The van der Waals surface area contributed by atoms with Gasteiger partial charge in [-0.05, 0) is 113 Å². The Hall–Kier alpha value is -5.83. The van der Waals surface area contributed by atoms with Gasteiger partial charge in [0.1, 0.15) is 39.6 Å². The molecular weight excluding hydrogens is 945 g/mol. The number of nitrogens with two attached hydrogens (primary N) is 1. The molecule has 2 aromatic heterocycles. The van der Waals surface area contributed by atoms with E-state index in [1.54, 1.807) is 29.5 Å². The second kappa shape index (κ2) is 20.7. The third kappa shape index (κ3) is 10.7. The lowest BCUT2D eigenvalue weighted by molar-refractivity contribution is 0.0988. The number of amidine groups is 2. The summed E-state index contributed by atoms with van der Waals surface area (Å²) < 4.78 is 44.4. The molecule has 1 aliphatic carbocycles. The first-order chi connectivity index (χ1) is 33.9. The molecule has 3 fully saturated rings. The van der Waals surface area contributed by atoms with Crippen molar-refractivity contribution in [1.82, 2.24) is 44.2 Å². The average Bonchev–Trinajstić information content (AvgIpc) is 4.10. The fourth-order valence-electron chi connectivity index (χ4n) is 10.4. The third-order valence-electron chi connectivity index (χ3n) is 14.1. The summed E-state index contributed by atoms with van der Waals surface area (Å²) in [6.07, 6.45) is 3.73. The molecule has 8 N–H and O–H groups in total. The molecule has 2 atom stereocenters. The number of carbonyl (C=O) groups is 1. The number of likely N-dealkylation sites (tertiary alicyclic amines) is 2. The summed E-state index contributed by atoms with van der Waals surface area (Å²) in [5.74, 6) is -0.193. The highest BCUT2D eigenvalue weighted by Crippen LogP contribution is 2.41. The van der Waals surface area contributed by atoms with Crippen LogP contribution < -0.4 is 25.2 Å². The molecule has 71 heavy (non-hydrogen) atoms. The number of amides is 1. The molecule has 378 valence electrons. The van der Waals surface area contributed by atoms with E-state index in [4.69, 9.17) is 15.1 Å². The Balaban J connectivity index is 0.939. The Morgan fingerprint density at radius 2 is 1.61 bits per heavy atom. The highest BCUT2D eigenvalue weighted by Gasteiger charge is 2.48. The fourth-order valence-corrected chi connectivity index (χ4v) is 12.6. The minimum Gasteiger partial charge on any atom is -0.508 e. The van der Waals surface area contributed by atoms with E-state index in [2.05, 4.69) is 36.1 Å². The zero-order chi connectivity index (χ0) is 50.3. The molecule has 1 saturated carbocycles. The minimum absolute atomic E-state index is 0.00192. The van der Waals surface area contributed by atoms with Gasteiger partial charge in [0.25, 0.3) is 5.91 Å². The van der Waals surface area contributed by atoms with Crippen molar-refractivity contribution < 1.29 is 38.4 Å². The molecule has 20 heteroatoms. The van der Waals surface area contributed by atoms with Gasteiger partial charge in [-0.25, -0.2) is 22.7 Å². The van der Waals surface area contributed by atoms with Gasteiger partial charge in [0, 0.05) is 73.5 Å². The summed E-state index contributed by atoms with van der Waals surface area (Å²) in [6.45, 7) is 13.3. The number of rotatable bonds is 17. The third-order valence-corrected chi connectivity index (χ3v) is 16.5. The number of benzene rings is 3. The molecule has 1 amide bonds. The van der Waals surface area contributed by atoms with Gasteiger partial charge in [-0.3, -0.25) is 24.5 Å². The zero-order valence-corrected chi connectivity index (χ0v) is 42.5. The van der Waals surface area contributed by atoms with E-state index in [1.165, 1.54) is 27.6 Å². The number of phenols is 3. The van der Waals surface area contributed by atoms with Crippen LogP contribution in [0, 0.1) is 6.92 Å². The number of thiophene rings is 1. The maximum absolute atomic E-state index is 14.3. The molecule has 18 nitrogen and oxygen atoms in total. The van der Waals surface area contributed by atoms with Crippen molar-refractivity contribution in [2.45, 2.75) is 133 Å². The monoisotopic (exact) mass is 1010 g/mol. The second-order valence-electron chi connectivity index (χ2n) is 19.9. The number of aromatic hydroxyl groups is 3. The molecule has 2 saturated heterocycles. The number of phenolic OH excluding ortho intramolecular Hbond substituents is 3. The standard InChI is InChI=1S/C51H64N10O8S2/c1-29(2)38-23-39(42(63)25-41(38)62)47-54-50(51(66)53-30(3)4)60(47)35-14-12-33(13-15-35)59-21-18-36(27-59)69-44-26-43(64)45(71(67,68)57-32-16-19-58(20-17-32)28-37-7-6-22-70-37)24-40(44)48-55-56-49(46(52)65)61(48)34-10-8-31(5)9-11-34/h6-11,22-26,29-30,32-33,35-36,51,53,57,66H,12-21,27-28H2,1-5H3,(H4,52,55,62,63,64,65)/p+1. The Labute approximate surface area is 418 Å². The highest BCUT2D eigenvalue weighted by molar-refractivity contribution is 7.89. The fraction of sp³-hybridized carbons (Fsp3) is 0.471. The van der Waals surface area contributed by atoms with E-state index in [1.807, 2.05) is 63.1 Å². The summed E-state index contributed by atoms with van der Waals surface area (Å²) in [4.78, 5) is 20.5. The smallest absolute Gasteiger partial charge is 0.339 e.